The number of hydrogen-bond acceptors (Lipinski definition) is 4. The molecule has 0 radical (unpaired) electrons. The zero-order valence-electron chi connectivity index (χ0n) is 17.7. The van der Waals surface area contributed by atoms with Crippen molar-refractivity contribution in [1.82, 2.24) is 4.72 Å². The van der Waals surface area contributed by atoms with Gasteiger partial charge in [-0.3, -0.25) is 4.79 Å². The van der Waals surface area contributed by atoms with Crippen LogP contribution < -0.4 is 9.46 Å². The molecule has 5 nitrogen and oxygen atoms in total. The SMILES string of the molecule is O=C(NS(=O)(=O)c1cccc(Br)c1)c1cccc(-c2cccc(Cl)c2)c1OCc1ccccc1. The van der Waals surface area contributed by atoms with E-state index in [0.29, 0.717) is 15.1 Å². The van der Waals surface area contributed by atoms with E-state index in [4.69, 9.17) is 16.3 Å². The number of carbonyl (C=O) groups is 1. The highest BCUT2D eigenvalue weighted by molar-refractivity contribution is 9.10. The summed E-state index contributed by atoms with van der Waals surface area (Å²) < 4.78 is 34.5. The number of carbonyl (C=O) groups excluding carboxylic acids is 1. The van der Waals surface area contributed by atoms with E-state index in [1.165, 1.54) is 18.2 Å². The minimum atomic E-state index is -4.10. The van der Waals surface area contributed by atoms with Crippen molar-refractivity contribution >= 4 is 43.5 Å². The maximum Gasteiger partial charge on any atom is 0.268 e. The van der Waals surface area contributed by atoms with Gasteiger partial charge < -0.3 is 4.74 Å². The molecule has 0 saturated carbocycles. The van der Waals surface area contributed by atoms with Crippen LogP contribution in [0.3, 0.4) is 0 Å². The van der Waals surface area contributed by atoms with Gasteiger partial charge in [-0.2, -0.15) is 0 Å². The number of ether oxygens (including phenoxy) is 1. The molecule has 0 fully saturated rings. The third kappa shape index (κ3) is 5.67. The third-order valence-electron chi connectivity index (χ3n) is 4.95. The number of nitrogens with one attached hydrogen (secondary N) is 1. The Morgan fingerprint density at radius 2 is 1.62 bits per heavy atom. The molecule has 4 aromatic rings. The summed E-state index contributed by atoms with van der Waals surface area (Å²) in [6.07, 6.45) is 0. The molecular formula is C26H19BrClNO4S. The van der Waals surface area contributed by atoms with Crippen LogP contribution in [0.4, 0.5) is 0 Å². The second-order valence-electron chi connectivity index (χ2n) is 7.36. The van der Waals surface area contributed by atoms with Gasteiger partial charge in [-0.05, 0) is 47.5 Å². The Labute approximate surface area is 211 Å². The number of benzene rings is 4. The summed E-state index contributed by atoms with van der Waals surface area (Å²) in [5.74, 6) is -0.539. The predicted octanol–water partition coefficient (Wildman–Crippen LogP) is 6.47. The van der Waals surface area contributed by atoms with E-state index in [1.807, 2.05) is 36.4 Å². The Kier molecular flexibility index (Phi) is 7.36. The first-order chi connectivity index (χ1) is 16.3. The number of halogens is 2. The lowest BCUT2D eigenvalue weighted by molar-refractivity contribution is 0.0977. The quantitative estimate of drug-likeness (QED) is 0.283. The van der Waals surface area contributed by atoms with Gasteiger partial charge in [0, 0.05) is 15.1 Å². The standard InChI is InChI=1S/C26H19BrClNO4S/c27-20-10-5-12-22(16-20)34(31,32)29-26(30)24-14-6-13-23(19-9-4-11-21(28)15-19)25(24)33-17-18-7-2-1-3-8-18/h1-16H,17H2,(H,29,30). The number of hydrogen-bond donors (Lipinski definition) is 1. The van der Waals surface area contributed by atoms with Crippen molar-refractivity contribution < 1.29 is 17.9 Å². The highest BCUT2D eigenvalue weighted by atomic mass is 79.9. The van der Waals surface area contributed by atoms with Crippen LogP contribution in [-0.4, -0.2) is 14.3 Å². The summed E-state index contributed by atoms with van der Waals surface area (Å²) >= 11 is 9.44. The molecule has 0 aliphatic rings. The number of rotatable bonds is 7. The van der Waals surface area contributed by atoms with E-state index in [9.17, 15) is 13.2 Å². The van der Waals surface area contributed by atoms with Gasteiger partial charge in [0.05, 0.1) is 10.5 Å². The van der Waals surface area contributed by atoms with Gasteiger partial charge in [0.15, 0.2) is 0 Å². The van der Waals surface area contributed by atoms with E-state index >= 15 is 0 Å². The fraction of sp³-hybridized carbons (Fsp3) is 0.0385. The van der Waals surface area contributed by atoms with E-state index in [-0.39, 0.29) is 22.8 Å². The van der Waals surface area contributed by atoms with Crippen molar-refractivity contribution in [2.45, 2.75) is 11.5 Å². The Bertz CT molecular complexity index is 1440. The minimum absolute atomic E-state index is 0.0343. The smallest absolute Gasteiger partial charge is 0.268 e. The highest BCUT2D eigenvalue weighted by Crippen LogP contribution is 2.35. The first-order valence-corrected chi connectivity index (χ1v) is 12.9. The average molecular weight is 557 g/mol. The monoisotopic (exact) mass is 555 g/mol. The van der Waals surface area contributed by atoms with E-state index < -0.39 is 15.9 Å². The molecule has 4 aromatic carbocycles. The number of sulfonamides is 1. The van der Waals surface area contributed by atoms with Crippen molar-refractivity contribution in [2.75, 3.05) is 0 Å². The van der Waals surface area contributed by atoms with Crippen LogP contribution in [0.1, 0.15) is 15.9 Å². The lowest BCUT2D eigenvalue weighted by atomic mass is 10.0. The van der Waals surface area contributed by atoms with Gasteiger partial charge in [-0.15, -0.1) is 0 Å². The number of amides is 1. The van der Waals surface area contributed by atoms with E-state index in [1.54, 1.807) is 42.5 Å². The van der Waals surface area contributed by atoms with Crippen LogP contribution >= 0.6 is 27.5 Å². The third-order valence-corrected chi connectivity index (χ3v) is 7.01. The second-order valence-corrected chi connectivity index (χ2v) is 10.4. The first kappa shape index (κ1) is 24.0. The molecule has 0 unspecified atom stereocenters. The normalized spacial score (nSPS) is 11.1. The summed E-state index contributed by atoms with van der Waals surface area (Å²) in [6, 6.07) is 27.7. The van der Waals surface area contributed by atoms with Gasteiger partial charge in [0.2, 0.25) is 0 Å². The first-order valence-electron chi connectivity index (χ1n) is 10.2. The van der Waals surface area contributed by atoms with Crippen molar-refractivity contribution in [2.24, 2.45) is 0 Å². The Morgan fingerprint density at radius 3 is 2.35 bits per heavy atom. The van der Waals surface area contributed by atoms with Gasteiger partial charge in [0.25, 0.3) is 15.9 Å². The second kappa shape index (κ2) is 10.4. The van der Waals surface area contributed by atoms with Crippen molar-refractivity contribution in [3.63, 3.8) is 0 Å². The molecule has 8 heteroatoms. The zero-order chi connectivity index (χ0) is 24.1. The molecule has 0 aliphatic heterocycles. The molecule has 0 spiro atoms. The predicted molar refractivity (Wildman–Crippen MR) is 136 cm³/mol. The Morgan fingerprint density at radius 1 is 0.882 bits per heavy atom. The fourth-order valence-corrected chi connectivity index (χ4v) is 5.11. The lowest BCUT2D eigenvalue weighted by Crippen LogP contribution is -2.31. The topological polar surface area (TPSA) is 72.5 Å². The fourth-order valence-electron chi connectivity index (χ4n) is 3.35. The maximum absolute atomic E-state index is 13.2. The van der Waals surface area contributed by atoms with E-state index in [0.717, 1.165) is 11.1 Å². The molecule has 172 valence electrons. The van der Waals surface area contributed by atoms with Gasteiger partial charge in [-0.25, -0.2) is 13.1 Å². The molecule has 0 atom stereocenters. The molecule has 0 aromatic heterocycles. The lowest BCUT2D eigenvalue weighted by Gasteiger charge is -2.17. The zero-order valence-corrected chi connectivity index (χ0v) is 20.9. The van der Waals surface area contributed by atoms with Crippen molar-refractivity contribution in [3.05, 3.63) is 118 Å². The molecule has 0 bridgehead atoms. The Balaban J connectivity index is 1.73. The van der Waals surface area contributed by atoms with Gasteiger partial charge >= 0.3 is 0 Å². The molecule has 4 rings (SSSR count). The number of para-hydroxylation sites is 1. The van der Waals surface area contributed by atoms with Gasteiger partial charge in [-0.1, -0.05) is 88.2 Å². The van der Waals surface area contributed by atoms with Crippen LogP contribution in [0.2, 0.25) is 5.02 Å². The van der Waals surface area contributed by atoms with Crippen molar-refractivity contribution in [3.8, 4) is 16.9 Å². The van der Waals surface area contributed by atoms with Gasteiger partial charge in [0.1, 0.15) is 12.4 Å². The molecule has 0 heterocycles. The molecular weight excluding hydrogens is 538 g/mol. The van der Waals surface area contributed by atoms with Crippen LogP contribution in [0, 0.1) is 0 Å². The highest BCUT2D eigenvalue weighted by Gasteiger charge is 2.23. The molecule has 0 saturated heterocycles. The summed E-state index contributed by atoms with van der Waals surface area (Å²) in [4.78, 5) is 13.2. The summed E-state index contributed by atoms with van der Waals surface area (Å²) in [5, 5.41) is 0.526. The summed E-state index contributed by atoms with van der Waals surface area (Å²) in [5.41, 5.74) is 2.34. The Hall–Kier alpha value is -3.13. The summed E-state index contributed by atoms with van der Waals surface area (Å²) in [7, 11) is -4.10. The largest absolute Gasteiger partial charge is 0.487 e. The maximum atomic E-state index is 13.2. The van der Waals surface area contributed by atoms with Crippen molar-refractivity contribution in [1.29, 1.82) is 0 Å². The molecule has 34 heavy (non-hydrogen) atoms. The van der Waals surface area contributed by atoms with E-state index in [2.05, 4.69) is 20.7 Å². The van der Waals surface area contributed by atoms with Crippen LogP contribution in [0.5, 0.6) is 5.75 Å². The summed E-state index contributed by atoms with van der Waals surface area (Å²) in [6.45, 7) is 0.192. The molecule has 1 amide bonds. The average Bonchev–Trinajstić information content (AvgIpc) is 2.83. The minimum Gasteiger partial charge on any atom is -0.487 e. The molecule has 0 aliphatic carbocycles. The molecule has 1 N–H and O–H groups in total. The van der Waals surface area contributed by atoms with Crippen LogP contribution in [-0.2, 0) is 16.6 Å². The van der Waals surface area contributed by atoms with Crippen LogP contribution in [0.15, 0.2) is 106 Å². The van der Waals surface area contributed by atoms with Crippen LogP contribution in [0.25, 0.3) is 11.1 Å².